The van der Waals surface area contributed by atoms with Crippen molar-refractivity contribution in [2.45, 2.75) is 32.2 Å². The Bertz CT molecular complexity index is 726. The van der Waals surface area contributed by atoms with E-state index in [-0.39, 0.29) is 0 Å². The first kappa shape index (κ1) is 19.4. The molecule has 0 aromatic heterocycles. The smallest absolute Gasteiger partial charge is 0.326 e. The number of amides is 3. The molecule has 0 saturated carbocycles. The Balaban J connectivity index is 1.93. The van der Waals surface area contributed by atoms with Crippen LogP contribution in [0.15, 0.2) is 24.3 Å². The summed E-state index contributed by atoms with van der Waals surface area (Å²) in [6.07, 6.45) is 0.849. The topological polar surface area (TPSA) is 102 Å². The third kappa shape index (κ3) is 3.84. The second-order valence-corrected chi connectivity index (χ2v) is 5.93. The number of carbonyl (C=O) groups is 4. The molecule has 1 saturated heterocycles. The van der Waals surface area contributed by atoms with Gasteiger partial charge in [-0.15, -0.1) is 0 Å². The van der Waals surface area contributed by atoms with Gasteiger partial charge in [0.05, 0.1) is 7.11 Å². The lowest BCUT2D eigenvalue weighted by atomic mass is 9.93. The SMILES string of the molecule is CCC1(CC)NC(=O)N(CC(=O)OCC(=O)c2cccc(OC)c2)C1=O. The van der Waals surface area contributed by atoms with Gasteiger partial charge in [0.1, 0.15) is 17.8 Å². The molecule has 2 rings (SSSR count). The lowest BCUT2D eigenvalue weighted by Crippen LogP contribution is -2.46. The third-order valence-electron chi connectivity index (χ3n) is 4.50. The summed E-state index contributed by atoms with van der Waals surface area (Å²) < 4.78 is 9.96. The molecule has 3 amide bonds. The van der Waals surface area contributed by atoms with Gasteiger partial charge >= 0.3 is 12.0 Å². The Kier molecular flexibility index (Phi) is 5.97. The lowest BCUT2D eigenvalue weighted by molar-refractivity contribution is -0.146. The highest BCUT2D eigenvalue weighted by atomic mass is 16.5. The highest BCUT2D eigenvalue weighted by Crippen LogP contribution is 2.24. The number of Topliss-reactive ketones (excluding diaryl/α,β-unsaturated/α-hetero) is 1. The van der Waals surface area contributed by atoms with Gasteiger partial charge in [-0.05, 0) is 25.0 Å². The molecule has 0 spiro atoms. The zero-order chi connectivity index (χ0) is 19.3. The van der Waals surface area contributed by atoms with Crippen LogP contribution in [-0.4, -0.2) is 54.4 Å². The van der Waals surface area contributed by atoms with E-state index in [2.05, 4.69) is 5.32 Å². The van der Waals surface area contributed by atoms with Gasteiger partial charge in [0.2, 0.25) is 0 Å². The van der Waals surface area contributed by atoms with Crippen LogP contribution in [0.3, 0.4) is 0 Å². The number of esters is 1. The third-order valence-corrected chi connectivity index (χ3v) is 4.50. The van der Waals surface area contributed by atoms with Crippen LogP contribution in [0.1, 0.15) is 37.0 Å². The van der Waals surface area contributed by atoms with E-state index >= 15 is 0 Å². The summed E-state index contributed by atoms with van der Waals surface area (Å²) >= 11 is 0. The predicted molar refractivity (Wildman–Crippen MR) is 91.8 cm³/mol. The second-order valence-electron chi connectivity index (χ2n) is 5.93. The largest absolute Gasteiger partial charge is 0.497 e. The van der Waals surface area contributed by atoms with Gasteiger partial charge in [0.25, 0.3) is 5.91 Å². The molecule has 1 heterocycles. The van der Waals surface area contributed by atoms with Crippen LogP contribution in [-0.2, 0) is 14.3 Å². The summed E-state index contributed by atoms with van der Waals surface area (Å²) in [5.74, 6) is -1.18. The maximum absolute atomic E-state index is 12.4. The molecule has 1 aliphatic heterocycles. The van der Waals surface area contributed by atoms with E-state index in [1.165, 1.54) is 13.2 Å². The van der Waals surface area contributed by atoms with Crippen LogP contribution >= 0.6 is 0 Å². The van der Waals surface area contributed by atoms with E-state index in [0.717, 1.165) is 4.90 Å². The standard InChI is InChI=1S/C18H22N2O6/c1-4-18(5-2)16(23)20(17(24)19-18)10-15(22)26-11-14(21)12-7-6-8-13(9-12)25-3/h6-9H,4-5,10-11H2,1-3H3,(H,19,24). The molecular formula is C18H22N2O6. The van der Waals surface area contributed by atoms with Crippen molar-refractivity contribution in [1.29, 1.82) is 0 Å². The molecule has 140 valence electrons. The van der Waals surface area contributed by atoms with E-state index in [4.69, 9.17) is 9.47 Å². The van der Waals surface area contributed by atoms with E-state index in [9.17, 15) is 19.2 Å². The number of nitrogens with one attached hydrogen (secondary N) is 1. The number of rotatable bonds is 8. The first-order valence-corrected chi connectivity index (χ1v) is 8.33. The number of methoxy groups -OCH3 is 1. The summed E-state index contributed by atoms with van der Waals surface area (Å²) in [5.41, 5.74) is -0.642. The number of hydrogen-bond donors (Lipinski definition) is 1. The van der Waals surface area contributed by atoms with Crippen molar-refractivity contribution in [2.75, 3.05) is 20.3 Å². The minimum atomic E-state index is -0.978. The number of imide groups is 1. The van der Waals surface area contributed by atoms with Crippen molar-refractivity contribution in [2.24, 2.45) is 0 Å². The monoisotopic (exact) mass is 362 g/mol. The zero-order valence-electron chi connectivity index (χ0n) is 15.0. The van der Waals surface area contributed by atoms with Crippen LogP contribution in [0, 0.1) is 0 Å². The Morgan fingerprint density at radius 2 is 1.88 bits per heavy atom. The van der Waals surface area contributed by atoms with Crippen LogP contribution in [0.25, 0.3) is 0 Å². The number of hydrogen-bond acceptors (Lipinski definition) is 6. The number of nitrogens with zero attached hydrogens (tertiary/aromatic N) is 1. The number of ketones is 1. The maximum atomic E-state index is 12.4. The summed E-state index contributed by atoms with van der Waals surface area (Å²) in [6, 6.07) is 5.82. The highest BCUT2D eigenvalue weighted by molar-refractivity contribution is 6.08. The first-order valence-electron chi connectivity index (χ1n) is 8.33. The van der Waals surface area contributed by atoms with Gasteiger partial charge in [-0.1, -0.05) is 26.0 Å². The number of ether oxygens (including phenoxy) is 2. The van der Waals surface area contributed by atoms with E-state index in [1.807, 2.05) is 0 Å². The van der Waals surface area contributed by atoms with Crippen LogP contribution in [0.5, 0.6) is 5.75 Å². The summed E-state index contributed by atoms with van der Waals surface area (Å²) in [7, 11) is 1.48. The summed E-state index contributed by atoms with van der Waals surface area (Å²) in [5, 5.41) is 2.62. The van der Waals surface area contributed by atoms with E-state index < -0.39 is 42.4 Å². The minimum Gasteiger partial charge on any atom is -0.497 e. The molecule has 0 atom stereocenters. The number of carbonyl (C=O) groups excluding carboxylic acids is 4. The van der Waals surface area contributed by atoms with Crippen molar-refractivity contribution >= 4 is 23.7 Å². The highest BCUT2D eigenvalue weighted by Gasteiger charge is 2.49. The van der Waals surface area contributed by atoms with E-state index in [1.54, 1.807) is 32.0 Å². The fourth-order valence-corrected chi connectivity index (χ4v) is 2.75. The average Bonchev–Trinajstić information content (AvgIpc) is 2.90. The average molecular weight is 362 g/mol. The maximum Gasteiger partial charge on any atom is 0.326 e. The molecule has 1 fully saturated rings. The van der Waals surface area contributed by atoms with Gasteiger partial charge in [-0.25, -0.2) is 4.79 Å². The van der Waals surface area contributed by atoms with Crippen molar-refractivity contribution < 1.29 is 28.7 Å². The molecule has 0 bridgehead atoms. The van der Waals surface area contributed by atoms with Crippen molar-refractivity contribution in [3.8, 4) is 5.75 Å². The van der Waals surface area contributed by atoms with Crippen molar-refractivity contribution in [1.82, 2.24) is 10.2 Å². The Labute approximate surface area is 151 Å². The number of urea groups is 1. The quantitative estimate of drug-likeness (QED) is 0.427. The normalized spacial score (nSPS) is 15.6. The van der Waals surface area contributed by atoms with Crippen LogP contribution in [0.2, 0.25) is 0 Å². The molecule has 1 aromatic rings. The van der Waals surface area contributed by atoms with Gasteiger partial charge in [0.15, 0.2) is 12.4 Å². The van der Waals surface area contributed by atoms with Crippen molar-refractivity contribution in [3.63, 3.8) is 0 Å². The van der Waals surface area contributed by atoms with Crippen LogP contribution in [0.4, 0.5) is 4.79 Å². The molecule has 8 heteroatoms. The predicted octanol–water partition coefficient (Wildman–Crippen LogP) is 1.53. The fraction of sp³-hybridized carbons (Fsp3) is 0.444. The second kappa shape index (κ2) is 7.99. The van der Waals surface area contributed by atoms with Crippen molar-refractivity contribution in [3.05, 3.63) is 29.8 Å². The van der Waals surface area contributed by atoms with Gasteiger partial charge < -0.3 is 14.8 Å². The summed E-state index contributed by atoms with van der Waals surface area (Å²) in [6.45, 7) is 2.56. The molecule has 26 heavy (non-hydrogen) atoms. The number of benzene rings is 1. The minimum absolute atomic E-state index is 0.336. The molecule has 0 aliphatic carbocycles. The lowest BCUT2D eigenvalue weighted by Gasteiger charge is -2.22. The Hall–Kier alpha value is -2.90. The molecule has 1 aromatic carbocycles. The molecule has 8 nitrogen and oxygen atoms in total. The molecular weight excluding hydrogens is 340 g/mol. The van der Waals surface area contributed by atoms with Gasteiger partial charge in [0, 0.05) is 5.56 Å². The fourth-order valence-electron chi connectivity index (χ4n) is 2.75. The Morgan fingerprint density at radius 3 is 2.46 bits per heavy atom. The molecule has 1 N–H and O–H groups in total. The van der Waals surface area contributed by atoms with Gasteiger partial charge in [-0.3, -0.25) is 19.3 Å². The summed E-state index contributed by atoms with van der Waals surface area (Å²) in [4.78, 5) is 49.3. The molecule has 0 radical (unpaired) electrons. The zero-order valence-corrected chi connectivity index (χ0v) is 15.0. The molecule has 0 unspecified atom stereocenters. The Morgan fingerprint density at radius 1 is 1.19 bits per heavy atom. The van der Waals surface area contributed by atoms with Gasteiger partial charge in [-0.2, -0.15) is 0 Å². The molecule has 1 aliphatic rings. The van der Waals surface area contributed by atoms with E-state index in [0.29, 0.717) is 24.2 Å². The van der Waals surface area contributed by atoms with Crippen LogP contribution < -0.4 is 10.1 Å². The first-order chi connectivity index (χ1) is 12.4.